The maximum atomic E-state index is 5.88. The van der Waals surface area contributed by atoms with Crippen LogP contribution in [-0.4, -0.2) is 9.36 Å². The highest BCUT2D eigenvalue weighted by Crippen LogP contribution is 2.29. The Morgan fingerprint density at radius 2 is 2.17 bits per heavy atom. The molecule has 2 heterocycles. The van der Waals surface area contributed by atoms with Crippen LogP contribution < -0.4 is 0 Å². The largest absolute Gasteiger partial charge is 0.224 e. The summed E-state index contributed by atoms with van der Waals surface area (Å²) in [5.41, 5.74) is 0.907. The number of aromatic nitrogens is 2. The van der Waals surface area contributed by atoms with E-state index in [1.165, 1.54) is 11.5 Å². The van der Waals surface area contributed by atoms with Crippen molar-refractivity contribution in [3.8, 4) is 0 Å². The normalized spacial score (nSPS) is 10.9. The van der Waals surface area contributed by atoms with Crippen LogP contribution in [0.3, 0.4) is 0 Å². The second-order valence-corrected chi connectivity index (χ2v) is 3.93. The molecular formula is C7H4Cl2N2S. The minimum atomic E-state index is 0.413. The molecular weight excluding hydrogens is 215 g/mol. The van der Waals surface area contributed by atoms with Gasteiger partial charge >= 0.3 is 0 Å². The van der Waals surface area contributed by atoms with Gasteiger partial charge in [0.25, 0.3) is 0 Å². The second kappa shape index (κ2) is 2.83. The van der Waals surface area contributed by atoms with Crippen LogP contribution in [0.2, 0.25) is 10.3 Å². The van der Waals surface area contributed by atoms with E-state index >= 15 is 0 Å². The maximum Gasteiger partial charge on any atom is 0.141 e. The van der Waals surface area contributed by atoms with Crippen LogP contribution in [0.5, 0.6) is 0 Å². The Bertz CT molecular complexity index is 438. The summed E-state index contributed by atoms with van der Waals surface area (Å²) >= 11 is 13.0. The molecule has 5 heteroatoms. The summed E-state index contributed by atoms with van der Waals surface area (Å²) in [6.45, 7) is 1.90. The maximum absolute atomic E-state index is 5.88. The summed E-state index contributed by atoms with van der Waals surface area (Å²) in [6.07, 6.45) is 0. The van der Waals surface area contributed by atoms with Crippen molar-refractivity contribution >= 4 is 44.8 Å². The fourth-order valence-corrected chi connectivity index (χ4v) is 2.54. The van der Waals surface area contributed by atoms with Gasteiger partial charge in [-0.15, -0.1) is 0 Å². The van der Waals surface area contributed by atoms with Crippen LogP contribution in [0.4, 0.5) is 0 Å². The van der Waals surface area contributed by atoms with Crippen LogP contribution in [0, 0.1) is 6.92 Å². The molecule has 0 radical (unpaired) electrons. The molecule has 2 nitrogen and oxygen atoms in total. The highest BCUT2D eigenvalue weighted by molar-refractivity contribution is 7.13. The lowest BCUT2D eigenvalue weighted by molar-refractivity contribution is 1.33. The number of hydrogen-bond acceptors (Lipinski definition) is 3. The molecule has 62 valence electrons. The van der Waals surface area contributed by atoms with Crippen molar-refractivity contribution in [2.75, 3.05) is 0 Å². The van der Waals surface area contributed by atoms with Gasteiger partial charge in [-0.1, -0.05) is 23.2 Å². The Morgan fingerprint density at radius 1 is 1.42 bits per heavy atom. The zero-order chi connectivity index (χ0) is 8.72. The lowest BCUT2D eigenvalue weighted by Crippen LogP contribution is -1.78. The summed E-state index contributed by atoms with van der Waals surface area (Å²) in [5.74, 6) is 0. The molecule has 0 fully saturated rings. The third-order valence-electron chi connectivity index (χ3n) is 1.55. The summed E-state index contributed by atoms with van der Waals surface area (Å²) in [5, 5.41) is 1.76. The van der Waals surface area contributed by atoms with Crippen molar-refractivity contribution < 1.29 is 0 Å². The molecule has 0 saturated carbocycles. The van der Waals surface area contributed by atoms with Gasteiger partial charge in [-0.25, -0.2) is 4.98 Å². The molecule has 0 amide bonds. The van der Waals surface area contributed by atoms with Gasteiger partial charge in [-0.2, -0.15) is 4.37 Å². The predicted molar refractivity (Wildman–Crippen MR) is 52.2 cm³/mol. The molecule has 2 aromatic heterocycles. The van der Waals surface area contributed by atoms with E-state index in [4.69, 9.17) is 23.2 Å². The molecule has 0 saturated heterocycles. The van der Waals surface area contributed by atoms with Crippen LogP contribution in [-0.2, 0) is 0 Å². The lowest BCUT2D eigenvalue weighted by atomic mass is 10.3. The van der Waals surface area contributed by atoms with Gasteiger partial charge in [0.15, 0.2) is 0 Å². The lowest BCUT2D eigenvalue weighted by Gasteiger charge is -1.93. The first-order chi connectivity index (χ1) is 5.68. The number of aryl methyl sites for hydroxylation is 1. The molecule has 0 aliphatic rings. The molecule has 0 spiro atoms. The van der Waals surface area contributed by atoms with E-state index in [0.717, 1.165) is 15.8 Å². The van der Waals surface area contributed by atoms with Crippen molar-refractivity contribution in [1.29, 1.82) is 0 Å². The Kier molecular flexibility index (Phi) is 1.94. The number of nitrogens with zero attached hydrogens (tertiary/aromatic N) is 2. The van der Waals surface area contributed by atoms with Crippen LogP contribution in [0.25, 0.3) is 10.1 Å². The molecule has 0 N–H and O–H groups in total. The van der Waals surface area contributed by atoms with Gasteiger partial charge in [0.05, 0.1) is 15.8 Å². The number of hydrogen-bond donors (Lipinski definition) is 0. The molecule has 2 aromatic rings. The SMILES string of the molecule is Cc1nsc2cc(Cl)nc(Cl)c12. The summed E-state index contributed by atoms with van der Waals surface area (Å²) in [4.78, 5) is 3.93. The Balaban J connectivity index is 2.93. The minimum absolute atomic E-state index is 0.413. The van der Waals surface area contributed by atoms with Crippen LogP contribution in [0.1, 0.15) is 5.69 Å². The number of rotatable bonds is 0. The van der Waals surface area contributed by atoms with Gasteiger partial charge in [-0.05, 0) is 24.5 Å². The predicted octanol–water partition coefficient (Wildman–Crippen LogP) is 3.31. The van der Waals surface area contributed by atoms with Crippen molar-refractivity contribution in [3.05, 3.63) is 22.1 Å². The molecule has 2 rings (SSSR count). The van der Waals surface area contributed by atoms with E-state index in [0.29, 0.717) is 10.3 Å². The number of halogens is 2. The van der Waals surface area contributed by atoms with E-state index in [1.54, 1.807) is 6.07 Å². The zero-order valence-electron chi connectivity index (χ0n) is 6.14. The molecule has 0 aliphatic heterocycles. The summed E-state index contributed by atoms with van der Waals surface area (Å²) < 4.78 is 5.14. The average molecular weight is 219 g/mol. The van der Waals surface area contributed by atoms with Gasteiger partial charge in [0, 0.05) is 0 Å². The van der Waals surface area contributed by atoms with Gasteiger partial charge in [0.2, 0.25) is 0 Å². The van der Waals surface area contributed by atoms with E-state index in [2.05, 4.69) is 9.36 Å². The first-order valence-corrected chi connectivity index (χ1v) is 4.79. The number of pyridine rings is 1. The van der Waals surface area contributed by atoms with Crippen molar-refractivity contribution in [2.45, 2.75) is 6.92 Å². The first-order valence-electron chi connectivity index (χ1n) is 3.26. The highest BCUT2D eigenvalue weighted by atomic mass is 35.5. The molecule has 0 unspecified atom stereocenters. The molecule has 0 aromatic carbocycles. The standard InChI is InChI=1S/C7H4Cl2N2S/c1-3-6-4(12-11-3)2-5(8)10-7(6)9/h2H,1H3. The van der Waals surface area contributed by atoms with E-state index in [-0.39, 0.29) is 0 Å². The third kappa shape index (κ3) is 1.18. The van der Waals surface area contributed by atoms with Crippen molar-refractivity contribution in [1.82, 2.24) is 9.36 Å². The Hall–Kier alpha value is -0.380. The zero-order valence-corrected chi connectivity index (χ0v) is 8.46. The monoisotopic (exact) mass is 218 g/mol. The molecule has 0 bridgehead atoms. The summed E-state index contributed by atoms with van der Waals surface area (Å²) in [6, 6.07) is 1.77. The molecule has 0 aliphatic carbocycles. The summed E-state index contributed by atoms with van der Waals surface area (Å²) in [7, 11) is 0. The van der Waals surface area contributed by atoms with Crippen molar-refractivity contribution in [2.24, 2.45) is 0 Å². The van der Waals surface area contributed by atoms with E-state index in [9.17, 15) is 0 Å². The first kappa shape index (κ1) is 8.23. The quantitative estimate of drug-likeness (QED) is 0.635. The Morgan fingerprint density at radius 3 is 2.92 bits per heavy atom. The fourth-order valence-electron chi connectivity index (χ4n) is 1.03. The minimum Gasteiger partial charge on any atom is -0.224 e. The van der Waals surface area contributed by atoms with Crippen LogP contribution in [0.15, 0.2) is 6.07 Å². The van der Waals surface area contributed by atoms with Crippen molar-refractivity contribution in [3.63, 3.8) is 0 Å². The molecule has 12 heavy (non-hydrogen) atoms. The smallest absolute Gasteiger partial charge is 0.141 e. The highest BCUT2D eigenvalue weighted by Gasteiger charge is 2.08. The van der Waals surface area contributed by atoms with Gasteiger partial charge < -0.3 is 0 Å². The average Bonchev–Trinajstić information content (AvgIpc) is 2.31. The second-order valence-electron chi connectivity index (χ2n) is 2.38. The van der Waals surface area contributed by atoms with Crippen LogP contribution >= 0.6 is 34.7 Å². The van der Waals surface area contributed by atoms with E-state index < -0.39 is 0 Å². The fraction of sp³-hybridized carbons (Fsp3) is 0.143. The third-order valence-corrected chi connectivity index (χ3v) is 2.90. The van der Waals surface area contributed by atoms with Gasteiger partial charge in [-0.3, -0.25) is 0 Å². The Labute approximate surface area is 83.3 Å². The number of fused-ring (bicyclic) bond motifs is 1. The topological polar surface area (TPSA) is 25.8 Å². The van der Waals surface area contributed by atoms with E-state index in [1.807, 2.05) is 6.92 Å². The molecule has 0 atom stereocenters. The van der Waals surface area contributed by atoms with Gasteiger partial charge in [0.1, 0.15) is 10.3 Å².